The molecule has 2 heterocycles. The number of aromatic amines is 1. The molecule has 0 aliphatic carbocycles. The first-order chi connectivity index (χ1) is 8.78. The van der Waals surface area contributed by atoms with Crippen LogP contribution in [-0.2, 0) is 0 Å². The Kier molecular flexibility index (Phi) is 2.80. The first-order valence-corrected chi connectivity index (χ1v) is 6.18. The molecule has 18 heavy (non-hydrogen) atoms. The Balaban J connectivity index is 2.08. The lowest BCUT2D eigenvalue weighted by Crippen LogP contribution is -2.23. The van der Waals surface area contributed by atoms with Crippen LogP contribution in [0.1, 0.15) is 12.0 Å². The third-order valence-electron chi connectivity index (χ3n) is 3.44. The number of fused-ring (bicyclic) bond motifs is 1. The minimum atomic E-state index is 0.575. The topological polar surface area (TPSA) is 41.1 Å². The monoisotopic (exact) mass is 243 g/mol. The van der Waals surface area contributed by atoms with Crippen LogP contribution in [0.2, 0.25) is 0 Å². The Hall–Kier alpha value is -1.81. The van der Waals surface area contributed by atoms with Gasteiger partial charge in [0.15, 0.2) is 0 Å². The second-order valence-corrected chi connectivity index (χ2v) is 4.69. The summed E-state index contributed by atoms with van der Waals surface area (Å²) in [6, 6.07) is 6.81. The van der Waals surface area contributed by atoms with Gasteiger partial charge in [-0.05, 0) is 25.1 Å². The molecular weight excluding hydrogens is 226 g/mol. The van der Waals surface area contributed by atoms with Crippen molar-refractivity contribution in [2.24, 2.45) is 0 Å². The Morgan fingerprint density at radius 3 is 3.00 bits per heavy atom. The van der Waals surface area contributed by atoms with E-state index in [1.54, 1.807) is 7.11 Å². The molecule has 4 nitrogen and oxygen atoms in total. The van der Waals surface area contributed by atoms with Crippen LogP contribution in [0, 0.1) is 0 Å². The Labute approximate surface area is 106 Å². The lowest BCUT2D eigenvalue weighted by Gasteiger charge is -2.22. The van der Waals surface area contributed by atoms with Gasteiger partial charge in [-0.25, -0.2) is 0 Å². The zero-order valence-corrected chi connectivity index (χ0v) is 10.7. The van der Waals surface area contributed by atoms with Gasteiger partial charge in [-0.2, -0.15) is 4.98 Å². The van der Waals surface area contributed by atoms with E-state index in [1.807, 2.05) is 6.07 Å². The number of benzene rings is 1. The van der Waals surface area contributed by atoms with Crippen LogP contribution in [0.25, 0.3) is 16.6 Å². The average molecular weight is 243 g/mol. The summed E-state index contributed by atoms with van der Waals surface area (Å²) in [6.45, 7) is 2.11. The van der Waals surface area contributed by atoms with Gasteiger partial charge in [-0.15, -0.1) is 0 Å². The van der Waals surface area contributed by atoms with Gasteiger partial charge in [-0.3, -0.25) is 0 Å². The van der Waals surface area contributed by atoms with Gasteiger partial charge in [0.2, 0.25) is 0 Å². The molecule has 0 saturated heterocycles. The van der Waals surface area contributed by atoms with Crippen molar-refractivity contribution in [2.75, 3.05) is 27.2 Å². The van der Waals surface area contributed by atoms with Gasteiger partial charge in [0, 0.05) is 18.7 Å². The van der Waals surface area contributed by atoms with Gasteiger partial charge in [0.25, 0.3) is 6.01 Å². The molecule has 94 valence electrons. The number of hydrogen-bond acceptors (Lipinski definition) is 3. The van der Waals surface area contributed by atoms with Crippen molar-refractivity contribution in [3.63, 3.8) is 0 Å². The lowest BCUT2D eigenvalue weighted by atomic mass is 9.98. The molecule has 0 spiro atoms. The van der Waals surface area contributed by atoms with Crippen molar-refractivity contribution < 1.29 is 4.74 Å². The van der Waals surface area contributed by atoms with Crippen molar-refractivity contribution >= 4 is 16.6 Å². The number of ether oxygens (including phenoxy) is 1. The third kappa shape index (κ3) is 1.88. The van der Waals surface area contributed by atoms with Crippen LogP contribution in [0.5, 0.6) is 6.01 Å². The van der Waals surface area contributed by atoms with Crippen LogP contribution in [0.15, 0.2) is 24.3 Å². The molecular formula is C14H17N3O. The first kappa shape index (κ1) is 11.3. The Morgan fingerprint density at radius 2 is 2.28 bits per heavy atom. The molecule has 1 aliphatic rings. The molecule has 0 bridgehead atoms. The Bertz CT molecular complexity index is 600. The van der Waals surface area contributed by atoms with E-state index in [-0.39, 0.29) is 0 Å². The highest BCUT2D eigenvalue weighted by molar-refractivity contribution is 5.89. The summed E-state index contributed by atoms with van der Waals surface area (Å²) in [7, 11) is 3.78. The maximum absolute atomic E-state index is 5.16. The molecule has 4 heteroatoms. The van der Waals surface area contributed by atoms with Crippen molar-refractivity contribution in [3.8, 4) is 6.01 Å². The molecule has 1 aliphatic heterocycles. The number of aromatic nitrogens is 2. The predicted octanol–water partition coefficient (Wildman–Crippen LogP) is 2.29. The standard InChI is InChI=1S/C14H17N3O/c1-17-8-6-10(7-9-17)11-4-3-5-12-13(11)16-14(15-12)18-2/h3-6H,7-9H2,1-2H3,(H,15,16). The third-order valence-corrected chi connectivity index (χ3v) is 3.44. The molecule has 0 amide bonds. The van der Waals surface area contributed by atoms with Crippen molar-refractivity contribution in [1.29, 1.82) is 0 Å². The molecule has 0 fully saturated rings. The second-order valence-electron chi connectivity index (χ2n) is 4.69. The molecule has 3 rings (SSSR count). The summed E-state index contributed by atoms with van der Waals surface area (Å²) in [5, 5.41) is 0. The molecule has 1 aromatic carbocycles. The molecule has 1 N–H and O–H groups in total. The van der Waals surface area contributed by atoms with Crippen LogP contribution >= 0.6 is 0 Å². The van der Waals surface area contributed by atoms with E-state index in [0.29, 0.717) is 6.01 Å². The van der Waals surface area contributed by atoms with E-state index < -0.39 is 0 Å². The highest BCUT2D eigenvalue weighted by atomic mass is 16.5. The minimum Gasteiger partial charge on any atom is -0.468 e. The van der Waals surface area contributed by atoms with Gasteiger partial charge < -0.3 is 14.6 Å². The maximum Gasteiger partial charge on any atom is 0.294 e. The normalized spacial score (nSPS) is 16.9. The van der Waals surface area contributed by atoms with Crippen LogP contribution < -0.4 is 4.74 Å². The van der Waals surface area contributed by atoms with Crippen LogP contribution in [-0.4, -0.2) is 42.1 Å². The van der Waals surface area contributed by atoms with Crippen LogP contribution in [0.4, 0.5) is 0 Å². The number of nitrogens with zero attached hydrogens (tertiary/aromatic N) is 2. The van der Waals surface area contributed by atoms with E-state index in [0.717, 1.165) is 30.5 Å². The molecule has 2 aromatic rings. The lowest BCUT2D eigenvalue weighted by molar-refractivity contribution is 0.370. The van der Waals surface area contributed by atoms with Crippen molar-refractivity contribution in [3.05, 3.63) is 29.8 Å². The van der Waals surface area contributed by atoms with Gasteiger partial charge in [0.1, 0.15) is 0 Å². The van der Waals surface area contributed by atoms with Gasteiger partial charge in [0.05, 0.1) is 18.1 Å². The van der Waals surface area contributed by atoms with E-state index in [9.17, 15) is 0 Å². The summed E-state index contributed by atoms with van der Waals surface area (Å²) in [5.41, 5.74) is 4.64. The summed E-state index contributed by atoms with van der Waals surface area (Å²) >= 11 is 0. The minimum absolute atomic E-state index is 0.575. The first-order valence-electron chi connectivity index (χ1n) is 6.18. The summed E-state index contributed by atoms with van der Waals surface area (Å²) in [4.78, 5) is 9.97. The quantitative estimate of drug-likeness (QED) is 0.879. The number of methoxy groups -OCH3 is 1. The molecule has 0 atom stereocenters. The largest absolute Gasteiger partial charge is 0.468 e. The van der Waals surface area contributed by atoms with Crippen molar-refractivity contribution in [1.82, 2.24) is 14.9 Å². The second kappa shape index (κ2) is 4.46. The number of H-pyrrole nitrogens is 1. The number of hydrogen-bond donors (Lipinski definition) is 1. The summed E-state index contributed by atoms with van der Waals surface area (Å²) < 4.78 is 5.16. The molecule has 0 saturated carbocycles. The zero-order chi connectivity index (χ0) is 12.5. The Morgan fingerprint density at radius 1 is 1.39 bits per heavy atom. The smallest absolute Gasteiger partial charge is 0.294 e. The average Bonchev–Trinajstić information content (AvgIpc) is 2.82. The highest BCUT2D eigenvalue weighted by Gasteiger charge is 2.14. The van der Waals surface area contributed by atoms with Crippen LogP contribution in [0.3, 0.4) is 0 Å². The summed E-state index contributed by atoms with van der Waals surface area (Å²) in [5.74, 6) is 0. The number of rotatable bonds is 2. The van der Waals surface area contributed by atoms with Crippen molar-refractivity contribution in [2.45, 2.75) is 6.42 Å². The van der Waals surface area contributed by atoms with Gasteiger partial charge >= 0.3 is 0 Å². The fourth-order valence-electron chi connectivity index (χ4n) is 2.38. The van der Waals surface area contributed by atoms with E-state index in [4.69, 9.17) is 4.74 Å². The maximum atomic E-state index is 5.16. The fraction of sp³-hybridized carbons (Fsp3) is 0.357. The predicted molar refractivity (Wildman–Crippen MR) is 72.7 cm³/mol. The zero-order valence-electron chi connectivity index (χ0n) is 10.7. The van der Waals surface area contributed by atoms with E-state index >= 15 is 0 Å². The number of nitrogens with one attached hydrogen (secondary N) is 1. The highest BCUT2D eigenvalue weighted by Crippen LogP contribution is 2.28. The van der Waals surface area contributed by atoms with E-state index in [2.05, 4.69) is 40.1 Å². The molecule has 0 unspecified atom stereocenters. The van der Waals surface area contributed by atoms with E-state index in [1.165, 1.54) is 11.1 Å². The number of likely N-dealkylation sites (N-methyl/N-ethyl adjacent to an activating group) is 1. The number of imidazole rings is 1. The summed E-state index contributed by atoms with van der Waals surface area (Å²) in [6.07, 6.45) is 3.37. The number of para-hydroxylation sites is 1. The molecule has 0 radical (unpaired) electrons. The SMILES string of the molecule is COc1nc2c(C3=CCN(C)CC3)cccc2[nH]1. The van der Waals surface area contributed by atoms with Gasteiger partial charge in [-0.1, -0.05) is 18.2 Å². The fourth-order valence-corrected chi connectivity index (χ4v) is 2.38. The molecule has 1 aromatic heterocycles.